The van der Waals surface area contributed by atoms with Gasteiger partial charge in [-0.2, -0.15) is 0 Å². The maximum Gasteiger partial charge on any atom is 0.233 e. The van der Waals surface area contributed by atoms with Crippen LogP contribution in [-0.2, 0) is 11.3 Å². The molecule has 0 aliphatic heterocycles. The van der Waals surface area contributed by atoms with Gasteiger partial charge in [0, 0.05) is 22.6 Å². The van der Waals surface area contributed by atoms with E-state index in [4.69, 9.17) is 11.6 Å². The third-order valence-corrected chi connectivity index (χ3v) is 3.16. The quantitative estimate of drug-likeness (QED) is 0.846. The number of nitrogens with one attached hydrogen (secondary N) is 2. The van der Waals surface area contributed by atoms with E-state index in [2.05, 4.69) is 26.6 Å². The Kier molecular flexibility index (Phi) is 6.55. The average molecular weight is 320 g/mol. The summed E-state index contributed by atoms with van der Waals surface area (Å²) in [5, 5.41) is 6.59. The number of carbonyl (C=O) groups is 1. The summed E-state index contributed by atoms with van der Waals surface area (Å²) in [6, 6.07) is 5.61. The van der Waals surface area contributed by atoms with Crippen molar-refractivity contribution in [2.24, 2.45) is 0 Å². The molecule has 0 atom stereocenters. The zero-order valence-electron chi connectivity index (χ0n) is 9.72. The predicted octanol–water partition coefficient (Wildman–Crippen LogP) is 2.72. The lowest BCUT2D eigenvalue weighted by molar-refractivity contribution is -0.120. The van der Waals surface area contributed by atoms with Crippen molar-refractivity contribution >= 4 is 33.4 Å². The molecule has 17 heavy (non-hydrogen) atoms. The van der Waals surface area contributed by atoms with E-state index in [1.165, 1.54) is 0 Å². The Bertz CT molecular complexity index is 385. The van der Waals surface area contributed by atoms with Crippen molar-refractivity contribution in [1.82, 2.24) is 10.6 Å². The highest BCUT2D eigenvalue weighted by Gasteiger charge is 2.02. The van der Waals surface area contributed by atoms with Gasteiger partial charge in [0.05, 0.1) is 6.54 Å². The van der Waals surface area contributed by atoms with Gasteiger partial charge in [-0.3, -0.25) is 4.79 Å². The van der Waals surface area contributed by atoms with E-state index in [1.807, 2.05) is 25.1 Å². The standard InChI is InChI=1S/C12H16BrClN2O/c1-2-5-16-12(17)8-15-7-9-3-4-10(14)6-11(9)13/h3-4,6,15H,2,5,7-8H2,1H3,(H,16,17). The first-order chi connectivity index (χ1) is 8.13. The third-order valence-electron chi connectivity index (χ3n) is 2.19. The van der Waals surface area contributed by atoms with Gasteiger partial charge >= 0.3 is 0 Å². The number of amides is 1. The number of hydrogen-bond acceptors (Lipinski definition) is 2. The normalized spacial score (nSPS) is 10.3. The van der Waals surface area contributed by atoms with Gasteiger partial charge in [-0.05, 0) is 24.1 Å². The molecule has 0 spiro atoms. The molecule has 0 unspecified atom stereocenters. The summed E-state index contributed by atoms with van der Waals surface area (Å²) in [6.07, 6.45) is 0.953. The highest BCUT2D eigenvalue weighted by molar-refractivity contribution is 9.10. The summed E-state index contributed by atoms with van der Waals surface area (Å²) in [6.45, 7) is 3.72. The fourth-order valence-corrected chi connectivity index (χ4v) is 2.13. The Labute approximate surface area is 115 Å². The van der Waals surface area contributed by atoms with E-state index in [9.17, 15) is 4.79 Å². The van der Waals surface area contributed by atoms with E-state index < -0.39 is 0 Å². The number of rotatable bonds is 6. The second-order valence-electron chi connectivity index (χ2n) is 3.69. The molecular formula is C12H16BrClN2O. The minimum atomic E-state index is 0.0249. The van der Waals surface area contributed by atoms with Crippen molar-refractivity contribution < 1.29 is 4.79 Å². The lowest BCUT2D eigenvalue weighted by atomic mass is 10.2. The van der Waals surface area contributed by atoms with Gasteiger partial charge in [0.2, 0.25) is 5.91 Å². The first-order valence-corrected chi connectivity index (χ1v) is 6.72. The number of halogens is 2. The Hall–Kier alpha value is -0.580. The summed E-state index contributed by atoms with van der Waals surface area (Å²) in [4.78, 5) is 11.3. The molecule has 3 nitrogen and oxygen atoms in total. The smallest absolute Gasteiger partial charge is 0.233 e. The molecule has 0 saturated carbocycles. The molecule has 2 N–H and O–H groups in total. The first kappa shape index (κ1) is 14.5. The van der Waals surface area contributed by atoms with E-state index in [-0.39, 0.29) is 5.91 Å². The molecule has 0 aliphatic carbocycles. The minimum absolute atomic E-state index is 0.0249. The molecule has 5 heteroatoms. The molecule has 0 radical (unpaired) electrons. The fourth-order valence-electron chi connectivity index (χ4n) is 1.30. The SMILES string of the molecule is CCCNC(=O)CNCc1ccc(Cl)cc1Br. The van der Waals surface area contributed by atoms with Crippen LogP contribution in [0.4, 0.5) is 0 Å². The van der Waals surface area contributed by atoms with Crippen LogP contribution in [0.15, 0.2) is 22.7 Å². The Balaban J connectivity index is 2.33. The lowest BCUT2D eigenvalue weighted by Crippen LogP contribution is -2.33. The van der Waals surface area contributed by atoms with Gasteiger partial charge in [0.15, 0.2) is 0 Å². The second-order valence-corrected chi connectivity index (χ2v) is 4.98. The summed E-state index contributed by atoms with van der Waals surface area (Å²) in [5.74, 6) is 0.0249. The zero-order valence-corrected chi connectivity index (χ0v) is 12.1. The van der Waals surface area contributed by atoms with Gasteiger partial charge in [0.1, 0.15) is 0 Å². The molecular weight excluding hydrogens is 304 g/mol. The maximum atomic E-state index is 11.3. The summed E-state index contributed by atoms with van der Waals surface area (Å²) in [5.41, 5.74) is 1.08. The average Bonchev–Trinajstić information content (AvgIpc) is 2.29. The topological polar surface area (TPSA) is 41.1 Å². The molecule has 0 saturated heterocycles. The van der Waals surface area contributed by atoms with Crippen LogP contribution in [0.25, 0.3) is 0 Å². The van der Waals surface area contributed by atoms with Gasteiger partial charge in [-0.25, -0.2) is 0 Å². The third kappa shape index (κ3) is 5.52. The maximum absolute atomic E-state index is 11.3. The monoisotopic (exact) mass is 318 g/mol. The van der Waals surface area contributed by atoms with Crippen LogP contribution in [0, 0.1) is 0 Å². The highest BCUT2D eigenvalue weighted by atomic mass is 79.9. The molecule has 0 bridgehead atoms. The van der Waals surface area contributed by atoms with Crippen molar-refractivity contribution in [3.05, 3.63) is 33.3 Å². The minimum Gasteiger partial charge on any atom is -0.355 e. The second kappa shape index (κ2) is 7.69. The molecule has 0 aliphatic rings. The van der Waals surface area contributed by atoms with E-state index in [0.29, 0.717) is 18.1 Å². The van der Waals surface area contributed by atoms with Crippen LogP contribution in [0.2, 0.25) is 5.02 Å². The van der Waals surface area contributed by atoms with Crippen LogP contribution < -0.4 is 10.6 Å². The Morgan fingerprint density at radius 2 is 2.24 bits per heavy atom. The molecule has 94 valence electrons. The predicted molar refractivity (Wildman–Crippen MR) is 74.2 cm³/mol. The molecule has 1 amide bonds. The van der Waals surface area contributed by atoms with Crippen molar-refractivity contribution in [3.8, 4) is 0 Å². The van der Waals surface area contributed by atoms with Crippen molar-refractivity contribution in [2.45, 2.75) is 19.9 Å². The van der Waals surface area contributed by atoms with Crippen LogP contribution in [0.3, 0.4) is 0 Å². The number of hydrogen-bond donors (Lipinski definition) is 2. The van der Waals surface area contributed by atoms with Gasteiger partial charge in [-0.1, -0.05) is 40.5 Å². The molecule has 1 aromatic rings. The molecule has 0 fully saturated rings. The highest BCUT2D eigenvalue weighted by Crippen LogP contribution is 2.21. The zero-order chi connectivity index (χ0) is 12.7. The first-order valence-electron chi connectivity index (χ1n) is 5.54. The molecule has 0 aromatic heterocycles. The van der Waals surface area contributed by atoms with Gasteiger partial charge < -0.3 is 10.6 Å². The molecule has 0 heterocycles. The van der Waals surface area contributed by atoms with Gasteiger partial charge in [0.25, 0.3) is 0 Å². The number of benzene rings is 1. The van der Waals surface area contributed by atoms with Crippen LogP contribution in [0.5, 0.6) is 0 Å². The fraction of sp³-hybridized carbons (Fsp3) is 0.417. The Morgan fingerprint density at radius 1 is 1.47 bits per heavy atom. The van der Waals surface area contributed by atoms with Crippen LogP contribution >= 0.6 is 27.5 Å². The van der Waals surface area contributed by atoms with Gasteiger partial charge in [-0.15, -0.1) is 0 Å². The molecule has 1 aromatic carbocycles. The van der Waals surface area contributed by atoms with Crippen molar-refractivity contribution in [2.75, 3.05) is 13.1 Å². The lowest BCUT2D eigenvalue weighted by Gasteiger charge is -2.07. The Morgan fingerprint density at radius 3 is 2.88 bits per heavy atom. The van der Waals surface area contributed by atoms with Crippen LogP contribution in [-0.4, -0.2) is 19.0 Å². The largest absolute Gasteiger partial charge is 0.355 e. The summed E-state index contributed by atoms with van der Waals surface area (Å²) >= 11 is 9.28. The van der Waals surface area contributed by atoms with E-state index in [0.717, 1.165) is 23.0 Å². The number of carbonyl (C=O) groups excluding carboxylic acids is 1. The summed E-state index contributed by atoms with van der Waals surface area (Å²) < 4.78 is 0.950. The van der Waals surface area contributed by atoms with Crippen molar-refractivity contribution in [1.29, 1.82) is 0 Å². The summed E-state index contributed by atoms with van der Waals surface area (Å²) in [7, 11) is 0. The van der Waals surface area contributed by atoms with Crippen molar-refractivity contribution in [3.63, 3.8) is 0 Å². The molecule has 1 rings (SSSR count). The van der Waals surface area contributed by atoms with E-state index >= 15 is 0 Å². The van der Waals surface area contributed by atoms with Crippen LogP contribution in [0.1, 0.15) is 18.9 Å². The van der Waals surface area contributed by atoms with E-state index in [1.54, 1.807) is 0 Å².